The normalized spacial score (nSPS) is 29.9. The Morgan fingerprint density at radius 3 is 2.67 bits per heavy atom. The van der Waals surface area contributed by atoms with Gasteiger partial charge in [-0.3, -0.25) is 0 Å². The molecule has 3 fully saturated rings. The lowest BCUT2D eigenvalue weighted by Gasteiger charge is -2.30. The Hall–Kier alpha value is -1.64. The van der Waals surface area contributed by atoms with Gasteiger partial charge in [-0.1, -0.05) is 19.1 Å². The fourth-order valence-corrected chi connectivity index (χ4v) is 6.33. The summed E-state index contributed by atoms with van der Waals surface area (Å²) in [6.45, 7) is 6.68. The molecule has 166 valence electrons. The second-order valence-electron chi connectivity index (χ2n) is 8.81. The summed E-state index contributed by atoms with van der Waals surface area (Å²) in [5.41, 5.74) is 0.988. The van der Waals surface area contributed by atoms with Gasteiger partial charge in [0, 0.05) is 19.6 Å². The van der Waals surface area contributed by atoms with Crippen LogP contribution in [0.4, 0.5) is 0 Å². The van der Waals surface area contributed by atoms with Crippen LogP contribution in [0, 0.1) is 5.92 Å². The van der Waals surface area contributed by atoms with Gasteiger partial charge in [-0.05, 0) is 62.6 Å². The van der Waals surface area contributed by atoms with Crippen LogP contribution < -0.4 is 10.6 Å². The summed E-state index contributed by atoms with van der Waals surface area (Å²) >= 11 is 0. The molecule has 0 spiro atoms. The maximum absolute atomic E-state index is 12.9. The molecule has 2 N–H and O–H groups in total. The lowest BCUT2D eigenvalue weighted by molar-refractivity contribution is 0.0992. The Bertz CT molecular complexity index is 856. The molecule has 0 amide bonds. The predicted molar refractivity (Wildman–Crippen MR) is 118 cm³/mol. The molecule has 0 radical (unpaired) electrons. The van der Waals surface area contributed by atoms with Crippen LogP contribution in [0.15, 0.2) is 34.2 Å². The van der Waals surface area contributed by atoms with E-state index < -0.39 is 10.0 Å². The standard InChI is InChI=1S/C22H34N4O3S/c1-3-23-22(25-20-13-18-8-11-21(20)29-18)24-14-17-6-9-19(10-7-17)30(27,28)26-12-4-5-16(2)15-26/h6-7,9-10,16,18,20-21H,3-5,8,11-15H2,1-2H3,(H2,23,24,25). The first-order chi connectivity index (χ1) is 14.5. The van der Waals surface area contributed by atoms with E-state index in [2.05, 4.69) is 24.5 Å². The zero-order valence-corrected chi connectivity index (χ0v) is 18.8. The molecule has 1 aromatic rings. The third kappa shape index (κ3) is 4.81. The van der Waals surface area contributed by atoms with Gasteiger partial charge in [0.15, 0.2) is 5.96 Å². The number of ether oxygens (including phenoxy) is 1. The summed E-state index contributed by atoms with van der Waals surface area (Å²) in [7, 11) is -3.41. The Morgan fingerprint density at radius 1 is 1.23 bits per heavy atom. The van der Waals surface area contributed by atoms with Crippen LogP contribution in [0.1, 0.15) is 51.5 Å². The highest BCUT2D eigenvalue weighted by Crippen LogP contribution is 2.34. The summed E-state index contributed by atoms with van der Waals surface area (Å²) in [6, 6.07) is 7.48. The summed E-state index contributed by atoms with van der Waals surface area (Å²) in [5.74, 6) is 1.21. The topological polar surface area (TPSA) is 83.0 Å². The van der Waals surface area contributed by atoms with E-state index in [1.807, 2.05) is 12.1 Å². The van der Waals surface area contributed by atoms with Crippen LogP contribution in [-0.4, -0.2) is 56.6 Å². The molecule has 3 aliphatic rings. The molecule has 4 atom stereocenters. The van der Waals surface area contributed by atoms with Crippen LogP contribution in [0.2, 0.25) is 0 Å². The van der Waals surface area contributed by atoms with E-state index in [0.29, 0.717) is 48.7 Å². The first kappa shape index (κ1) is 21.6. The van der Waals surface area contributed by atoms with Crippen LogP contribution in [-0.2, 0) is 21.3 Å². The highest BCUT2D eigenvalue weighted by atomic mass is 32.2. The minimum Gasteiger partial charge on any atom is -0.373 e. The largest absolute Gasteiger partial charge is 0.373 e. The number of hydrogen-bond acceptors (Lipinski definition) is 4. The molecule has 3 aliphatic heterocycles. The minimum atomic E-state index is -3.41. The molecule has 3 heterocycles. The molecule has 4 unspecified atom stereocenters. The number of nitrogens with zero attached hydrogens (tertiary/aromatic N) is 2. The van der Waals surface area contributed by atoms with Crippen molar-refractivity contribution in [1.82, 2.24) is 14.9 Å². The number of piperidine rings is 1. The smallest absolute Gasteiger partial charge is 0.243 e. The molecule has 7 nitrogen and oxygen atoms in total. The average Bonchev–Trinajstić information content (AvgIpc) is 3.36. The molecule has 30 heavy (non-hydrogen) atoms. The highest BCUT2D eigenvalue weighted by Gasteiger charge is 2.41. The fourth-order valence-electron chi connectivity index (χ4n) is 4.74. The second-order valence-corrected chi connectivity index (χ2v) is 10.7. The number of aliphatic imine (C=N–C) groups is 1. The molecule has 0 aromatic heterocycles. The SMILES string of the molecule is CCNC(=NCc1ccc(S(=O)(=O)N2CCCC(C)C2)cc1)NC1CC2CCC1O2. The van der Waals surface area contributed by atoms with Crippen molar-refractivity contribution in [2.45, 2.75) is 75.6 Å². The van der Waals surface area contributed by atoms with Crippen molar-refractivity contribution >= 4 is 16.0 Å². The number of rotatable bonds is 6. The van der Waals surface area contributed by atoms with Crippen molar-refractivity contribution in [1.29, 1.82) is 0 Å². The molecule has 0 saturated carbocycles. The number of hydrogen-bond donors (Lipinski definition) is 2. The molecule has 3 saturated heterocycles. The first-order valence-corrected chi connectivity index (χ1v) is 12.7. The Kier molecular flexibility index (Phi) is 6.65. The molecular weight excluding hydrogens is 400 g/mol. The Morgan fingerprint density at radius 2 is 2.03 bits per heavy atom. The number of benzene rings is 1. The third-order valence-corrected chi connectivity index (χ3v) is 8.25. The zero-order chi connectivity index (χ0) is 21.1. The maximum atomic E-state index is 12.9. The predicted octanol–water partition coefficient (Wildman–Crippen LogP) is 2.48. The summed E-state index contributed by atoms with van der Waals surface area (Å²) in [4.78, 5) is 5.07. The number of sulfonamides is 1. The van der Waals surface area contributed by atoms with Gasteiger partial charge in [-0.15, -0.1) is 0 Å². The van der Waals surface area contributed by atoms with Crippen molar-refractivity contribution in [3.05, 3.63) is 29.8 Å². The average molecular weight is 435 g/mol. The van der Waals surface area contributed by atoms with Gasteiger partial charge in [-0.25, -0.2) is 13.4 Å². The van der Waals surface area contributed by atoms with Gasteiger partial charge in [0.25, 0.3) is 0 Å². The third-order valence-electron chi connectivity index (χ3n) is 6.37. The number of nitrogens with one attached hydrogen (secondary N) is 2. The first-order valence-electron chi connectivity index (χ1n) is 11.2. The summed E-state index contributed by atoms with van der Waals surface area (Å²) in [6.07, 6.45) is 6.04. The van der Waals surface area contributed by atoms with E-state index in [0.717, 1.165) is 43.8 Å². The van der Waals surface area contributed by atoms with Gasteiger partial charge in [0.1, 0.15) is 0 Å². The lowest BCUT2D eigenvalue weighted by atomic mass is 9.96. The maximum Gasteiger partial charge on any atom is 0.243 e. The van der Waals surface area contributed by atoms with Gasteiger partial charge < -0.3 is 15.4 Å². The molecule has 0 aliphatic carbocycles. The van der Waals surface area contributed by atoms with Crippen molar-refractivity contribution in [3.8, 4) is 0 Å². The van der Waals surface area contributed by atoms with Crippen LogP contribution in [0.3, 0.4) is 0 Å². The molecule has 2 bridgehead atoms. The Labute approximate surface area is 180 Å². The fraction of sp³-hybridized carbons (Fsp3) is 0.682. The van der Waals surface area contributed by atoms with Gasteiger partial charge >= 0.3 is 0 Å². The molecule has 1 aromatic carbocycles. The van der Waals surface area contributed by atoms with E-state index >= 15 is 0 Å². The quantitative estimate of drug-likeness (QED) is 0.531. The van der Waals surface area contributed by atoms with E-state index in [1.54, 1.807) is 16.4 Å². The Balaban J connectivity index is 1.39. The molecular formula is C22H34N4O3S. The number of guanidine groups is 1. The van der Waals surface area contributed by atoms with Gasteiger partial charge in [0.2, 0.25) is 10.0 Å². The summed E-state index contributed by atoms with van der Waals surface area (Å²) in [5, 5.41) is 6.82. The minimum absolute atomic E-state index is 0.292. The second kappa shape index (κ2) is 9.24. The monoisotopic (exact) mass is 434 g/mol. The van der Waals surface area contributed by atoms with Crippen LogP contribution in [0.5, 0.6) is 0 Å². The van der Waals surface area contributed by atoms with Crippen molar-refractivity contribution in [2.75, 3.05) is 19.6 Å². The van der Waals surface area contributed by atoms with E-state index in [4.69, 9.17) is 9.73 Å². The van der Waals surface area contributed by atoms with Gasteiger partial charge in [-0.2, -0.15) is 4.31 Å². The van der Waals surface area contributed by atoms with Crippen molar-refractivity contribution in [2.24, 2.45) is 10.9 Å². The van der Waals surface area contributed by atoms with Crippen molar-refractivity contribution in [3.63, 3.8) is 0 Å². The molecule has 4 rings (SSSR count). The molecule has 8 heteroatoms. The van der Waals surface area contributed by atoms with Gasteiger partial charge in [0.05, 0.1) is 29.7 Å². The lowest BCUT2D eigenvalue weighted by Crippen LogP contribution is -2.47. The van der Waals surface area contributed by atoms with Crippen LogP contribution in [0.25, 0.3) is 0 Å². The van der Waals surface area contributed by atoms with E-state index in [9.17, 15) is 8.42 Å². The number of fused-ring (bicyclic) bond motifs is 2. The highest BCUT2D eigenvalue weighted by molar-refractivity contribution is 7.89. The summed E-state index contributed by atoms with van der Waals surface area (Å²) < 4.78 is 33.4. The zero-order valence-electron chi connectivity index (χ0n) is 18.0. The van der Waals surface area contributed by atoms with Crippen molar-refractivity contribution < 1.29 is 13.2 Å². The van der Waals surface area contributed by atoms with E-state index in [-0.39, 0.29) is 0 Å². The van der Waals surface area contributed by atoms with Crippen LogP contribution >= 0.6 is 0 Å². The van der Waals surface area contributed by atoms with E-state index in [1.165, 1.54) is 6.42 Å².